The number of anilines is 1. The maximum Gasteiger partial charge on any atom is 0.270 e. The van der Waals surface area contributed by atoms with E-state index in [9.17, 15) is 9.90 Å². The van der Waals surface area contributed by atoms with E-state index in [1.54, 1.807) is 37.5 Å². The lowest BCUT2D eigenvalue weighted by Gasteiger charge is -2.15. The molecule has 0 radical (unpaired) electrons. The Morgan fingerprint density at radius 1 is 1.27 bits per heavy atom. The molecule has 26 heavy (non-hydrogen) atoms. The summed E-state index contributed by atoms with van der Waals surface area (Å²) in [6.07, 6.45) is 1.74. The molecule has 0 unspecified atom stereocenters. The highest BCUT2D eigenvalue weighted by atomic mass is 32.2. The third-order valence-electron chi connectivity index (χ3n) is 3.69. The van der Waals surface area contributed by atoms with Gasteiger partial charge in [0.2, 0.25) is 0 Å². The standard InChI is InChI=1S/C19H17NO4S2/c1-3-24-16-9-12(7-8-15(16)21)10-17-18(22)20(19(25)26-17)13-5-4-6-14(11-13)23-2/h4-11,21H,3H2,1-2H3/b17-10+. The number of amides is 1. The van der Waals surface area contributed by atoms with E-state index in [1.807, 2.05) is 25.1 Å². The van der Waals surface area contributed by atoms with Gasteiger partial charge in [-0.15, -0.1) is 0 Å². The molecule has 2 aromatic rings. The van der Waals surface area contributed by atoms with Gasteiger partial charge in [0.05, 0.1) is 24.3 Å². The third-order valence-corrected chi connectivity index (χ3v) is 4.99. The second-order valence-corrected chi connectivity index (χ2v) is 7.05. The number of carbonyl (C=O) groups is 1. The van der Waals surface area contributed by atoms with E-state index >= 15 is 0 Å². The number of aromatic hydroxyl groups is 1. The first-order valence-electron chi connectivity index (χ1n) is 7.91. The van der Waals surface area contributed by atoms with Crippen LogP contribution in [0.5, 0.6) is 17.2 Å². The Balaban J connectivity index is 1.91. The lowest BCUT2D eigenvalue weighted by Crippen LogP contribution is -2.27. The average Bonchev–Trinajstić information content (AvgIpc) is 2.91. The highest BCUT2D eigenvalue weighted by Crippen LogP contribution is 2.37. The zero-order valence-corrected chi connectivity index (χ0v) is 15.9. The average molecular weight is 387 g/mol. The van der Waals surface area contributed by atoms with Crippen LogP contribution in [-0.2, 0) is 4.79 Å². The normalized spacial score (nSPS) is 15.6. The molecule has 1 amide bonds. The van der Waals surface area contributed by atoms with Crippen molar-refractivity contribution >= 4 is 46.0 Å². The van der Waals surface area contributed by atoms with Crippen LogP contribution in [0.1, 0.15) is 12.5 Å². The number of ether oxygens (including phenoxy) is 2. The molecule has 3 rings (SSSR count). The molecular weight excluding hydrogens is 370 g/mol. The van der Waals surface area contributed by atoms with Crippen LogP contribution < -0.4 is 14.4 Å². The number of methoxy groups -OCH3 is 1. The van der Waals surface area contributed by atoms with Crippen LogP contribution in [0, 0.1) is 0 Å². The number of benzene rings is 2. The van der Waals surface area contributed by atoms with E-state index in [0.29, 0.717) is 33.0 Å². The first-order chi connectivity index (χ1) is 12.5. The smallest absolute Gasteiger partial charge is 0.270 e. The molecule has 1 aliphatic heterocycles. The molecule has 0 bridgehead atoms. The summed E-state index contributed by atoms with van der Waals surface area (Å²) >= 11 is 6.62. The summed E-state index contributed by atoms with van der Waals surface area (Å²) in [6, 6.07) is 12.1. The molecular formula is C19H17NO4S2. The van der Waals surface area contributed by atoms with Crippen LogP contribution in [0.2, 0.25) is 0 Å². The zero-order valence-electron chi connectivity index (χ0n) is 14.3. The number of thioether (sulfide) groups is 1. The molecule has 0 saturated carbocycles. The minimum absolute atomic E-state index is 0.0629. The molecule has 134 valence electrons. The van der Waals surface area contributed by atoms with Gasteiger partial charge in [0.25, 0.3) is 5.91 Å². The maximum absolute atomic E-state index is 12.8. The predicted octanol–water partition coefficient (Wildman–Crippen LogP) is 4.21. The van der Waals surface area contributed by atoms with Crippen molar-refractivity contribution in [2.75, 3.05) is 18.6 Å². The van der Waals surface area contributed by atoms with Crippen molar-refractivity contribution in [3.05, 3.63) is 52.9 Å². The fourth-order valence-corrected chi connectivity index (χ4v) is 3.78. The summed E-state index contributed by atoms with van der Waals surface area (Å²) in [5.74, 6) is 0.900. The lowest BCUT2D eigenvalue weighted by molar-refractivity contribution is -0.113. The second-order valence-electron chi connectivity index (χ2n) is 5.38. The first-order valence-corrected chi connectivity index (χ1v) is 9.13. The Bertz CT molecular complexity index is 895. The van der Waals surface area contributed by atoms with E-state index in [0.717, 1.165) is 5.56 Å². The third kappa shape index (κ3) is 3.68. The van der Waals surface area contributed by atoms with Gasteiger partial charge in [-0.05, 0) is 42.8 Å². The fourth-order valence-electron chi connectivity index (χ4n) is 2.48. The van der Waals surface area contributed by atoms with Crippen molar-refractivity contribution in [2.24, 2.45) is 0 Å². The van der Waals surface area contributed by atoms with Gasteiger partial charge in [-0.1, -0.05) is 36.1 Å². The Morgan fingerprint density at radius 2 is 2.08 bits per heavy atom. The van der Waals surface area contributed by atoms with Gasteiger partial charge in [-0.3, -0.25) is 9.69 Å². The van der Waals surface area contributed by atoms with Crippen LogP contribution in [0.25, 0.3) is 6.08 Å². The van der Waals surface area contributed by atoms with Crippen LogP contribution >= 0.6 is 24.0 Å². The van der Waals surface area contributed by atoms with Gasteiger partial charge in [0, 0.05) is 6.07 Å². The lowest BCUT2D eigenvalue weighted by atomic mass is 10.2. The largest absolute Gasteiger partial charge is 0.504 e. The van der Waals surface area contributed by atoms with Crippen molar-refractivity contribution < 1.29 is 19.4 Å². The molecule has 0 atom stereocenters. The van der Waals surface area contributed by atoms with Crippen LogP contribution in [-0.4, -0.2) is 29.1 Å². The van der Waals surface area contributed by atoms with Gasteiger partial charge >= 0.3 is 0 Å². The van der Waals surface area contributed by atoms with Crippen LogP contribution in [0.15, 0.2) is 47.4 Å². The number of hydrogen-bond donors (Lipinski definition) is 1. The van der Waals surface area contributed by atoms with E-state index in [4.69, 9.17) is 21.7 Å². The molecule has 1 heterocycles. The summed E-state index contributed by atoms with van der Waals surface area (Å²) in [5, 5.41) is 9.80. The molecule has 1 fully saturated rings. The topological polar surface area (TPSA) is 59.0 Å². The number of nitrogens with zero attached hydrogens (tertiary/aromatic N) is 1. The monoisotopic (exact) mass is 387 g/mol. The van der Waals surface area contributed by atoms with Crippen molar-refractivity contribution in [2.45, 2.75) is 6.92 Å². The molecule has 1 aliphatic rings. The number of rotatable bonds is 5. The Hall–Kier alpha value is -2.51. The quantitative estimate of drug-likeness (QED) is 0.613. The zero-order chi connectivity index (χ0) is 18.7. The molecule has 0 spiro atoms. The summed E-state index contributed by atoms with van der Waals surface area (Å²) in [6.45, 7) is 2.28. The first kappa shape index (κ1) is 18.3. The minimum Gasteiger partial charge on any atom is -0.504 e. The summed E-state index contributed by atoms with van der Waals surface area (Å²) in [5.41, 5.74) is 1.41. The Kier molecular flexibility index (Phi) is 5.49. The summed E-state index contributed by atoms with van der Waals surface area (Å²) in [7, 11) is 1.57. The summed E-state index contributed by atoms with van der Waals surface area (Å²) < 4.78 is 11.1. The van der Waals surface area contributed by atoms with Crippen LogP contribution in [0.3, 0.4) is 0 Å². The molecule has 7 heteroatoms. The van der Waals surface area contributed by atoms with Crippen molar-refractivity contribution in [3.63, 3.8) is 0 Å². The number of phenolic OH excluding ortho intramolecular Hbond substituents is 1. The molecule has 1 N–H and O–H groups in total. The van der Waals surface area contributed by atoms with Crippen LogP contribution in [0.4, 0.5) is 5.69 Å². The van der Waals surface area contributed by atoms with Gasteiger partial charge in [0.15, 0.2) is 15.8 Å². The number of carbonyl (C=O) groups excluding carboxylic acids is 1. The molecule has 1 saturated heterocycles. The van der Waals surface area contributed by atoms with Gasteiger partial charge in [-0.25, -0.2) is 0 Å². The highest BCUT2D eigenvalue weighted by Gasteiger charge is 2.33. The van der Waals surface area contributed by atoms with Crippen molar-refractivity contribution in [3.8, 4) is 17.2 Å². The fraction of sp³-hybridized carbons (Fsp3) is 0.158. The van der Waals surface area contributed by atoms with E-state index in [1.165, 1.54) is 16.7 Å². The summed E-state index contributed by atoms with van der Waals surface area (Å²) in [4.78, 5) is 14.8. The van der Waals surface area contributed by atoms with Crippen molar-refractivity contribution in [1.82, 2.24) is 0 Å². The molecule has 0 aliphatic carbocycles. The molecule has 2 aromatic carbocycles. The predicted molar refractivity (Wildman–Crippen MR) is 108 cm³/mol. The molecule has 5 nitrogen and oxygen atoms in total. The number of thiocarbonyl (C=S) groups is 1. The Morgan fingerprint density at radius 3 is 2.81 bits per heavy atom. The van der Waals surface area contributed by atoms with Gasteiger partial charge in [-0.2, -0.15) is 0 Å². The minimum atomic E-state index is -0.195. The van der Waals surface area contributed by atoms with E-state index in [-0.39, 0.29) is 11.7 Å². The van der Waals surface area contributed by atoms with Gasteiger partial charge < -0.3 is 14.6 Å². The SMILES string of the molecule is CCOc1cc(/C=C2/SC(=S)N(c3cccc(OC)c3)C2=O)ccc1O. The maximum atomic E-state index is 12.8. The Labute approximate surface area is 161 Å². The van der Waals surface area contributed by atoms with Gasteiger partial charge in [0.1, 0.15) is 5.75 Å². The number of hydrogen-bond acceptors (Lipinski definition) is 6. The van der Waals surface area contributed by atoms with E-state index < -0.39 is 0 Å². The van der Waals surface area contributed by atoms with Crippen molar-refractivity contribution in [1.29, 1.82) is 0 Å². The highest BCUT2D eigenvalue weighted by molar-refractivity contribution is 8.27. The van der Waals surface area contributed by atoms with E-state index in [2.05, 4.69) is 0 Å². The second kappa shape index (κ2) is 7.80. The number of phenols is 1. The molecule has 0 aromatic heterocycles.